The van der Waals surface area contributed by atoms with E-state index >= 15 is 0 Å². The summed E-state index contributed by atoms with van der Waals surface area (Å²) in [6.07, 6.45) is 1.34. The number of hydrogen-bond donors (Lipinski definition) is 1. The van der Waals surface area contributed by atoms with E-state index in [1.54, 1.807) is 29.6 Å². The quantitative estimate of drug-likeness (QED) is 0.464. The summed E-state index contributed by atoms with van der Waals surface area (Å²) in [6, 6.07) is 9.32. The number of methoxy groups -OCH3 is 1. The summed E-state index contributed by atoms with van der Waals surface area (Å²) in [5, 5.41) is 5.07. The van der Waals surface area contributed by atoms with Crippen molar-refractivity contribution in [3.63, 3.8) is 0 Å². The molecule has 4 rings (SSSR count). The van der Waals surface area contributed by atoms with Crippen molar-refractivity contribution < 1.29 is 13.9 Å². The van der Waals surface area contributed by atoms with Gasteiger partial charge in [-0.3, -0.25) is 14.2 Å². The number of thiophene rings is 1. The van der Waals surface area contributed by atoms with Gasteiger partial charge in [0.2, 0.25) is 5.91 Å². The number of benzene rings is 2. The molecule has 0 aliphatic heterocycles. The monoisotopic (exact) mass is 457 g/mol. The fraction of sp³-hybridized carbons (Fsp3) is 0.136. The number of fused-ring (bicyclic) bond motifs is 1. The number of nitrogens with one attached hydrogen (secondary N) is 1. The Hall–Kier alpha value is -3.23. The van der Waals surface area contributed by atoms with Crippen molar-refractivity contribution in [2.45, 2.75) is 13.5 Å². The van der Waals surface area contributed by atoms with Crippen LogP contribution in [0, 0.1) is 12.7 Å². The zero-order valence-electron chi connectivity index (χ0n) is 16.6. The van der Waals surface area contributed by atoms with Crippen molar-refractivity contribution in [3.05, 3.63) is 74.9 Å². The van der Waals surface area contributed by atoms with Crippen LogP contribution in [0.1, 0.15) is 5.56 Å². The van der Waals surface area contributed by atoms with Crippen LogP contribution < -0.4 is 15.6 Å². The van der Waals surface area contributed by atoms with E-state index in [4.69, 9.17) is 16.3 Å². The van der Waals surface area contributed by atoms with Crippen LogP contribution in [-0.2, 0) is 11.3 Å². The van der Waals surface area contributed by atoms with Crippen LogP contribution in [0.3, 0.4) is 0 Å². The van der Waals surface area contributed by atoms with Gasteiger partial charge in [-0.1, -0.05) is 23.7 Å². The lowest BCUT2D eigenvalue weighted by Gasteiger charge is -2.13. The first-order valence-corrected chi connectivity index (χ1v) is 10.5. The van der Waals surface area contributed by atoms with E-state index in [2.05, 4.69) is 10.3 Å². The lowest BCUT2D eigenvalue weighted by atomic mass is 10.1. The van der Waals surface area contributed by atoms with Crippen molar-refractivity contribution in [3.8, 4) is 16.9 Å². The molecule has 31 heavy (non-hydrogen) atoms. The maximum absolute atomic E-state index is 13.2. The summed E-state index contributed by atoms with van der Waals surface area (Å²) in [6.45, 7) is 1.60. The van der Waals surface area contributed by atoms with Crippen LogP contribution in [0.4, 0.5) is 10.1 Å². The number of nitrogens with zero attached hydrogens (tertiary/aromatic N) is 2. The first-order chi connectivity index (χ1) is 14.9. The molecule has 0 atom stereocenters. The van der Waals surface area contributed by atoms with Gasteiger partial charge in [-0.15, -0.1) is 11.3 Å². The molecule has 9 heteroatoms. The smallest absolute Gasteiger partial charge is 0.271 e. The molecule has 0 bridgehead atoms. The average Bonchev–Trinajstić information content (AvgIpc) is 3.18. The Bertz CT molecular complexity index is 1350. The fourth-order valence-electron chi connectivity index (χ4n) is 3.16. The summed E-state index contributed by atoms with van der Waals surface area (Å²) in [4.78, 5) is 29.8. The van der Waals surface area contributed by atoms with E-state index in [0.29, 0.717) is 26.7 Å². The highest BCUT2D eigenvalue weighted by Crippen LogP contribution is 2.32. The highest BCUT2D eigenvalue weighted by molar-refractivity contribution is 7.17. The summed E-state index contributed by atoms with van der Waals surface area (Å²) < 4.78 is 20.1. The van der Waals surface area contributed by atoms with Crippen LogP contribution >= 0.6 is 22.9 Å². The number of halogens is 2. The van der Waals surface area contributed by atoms with Gasteiger partial charge in [0.1, 0.15) is 22.8 Å². The first kappa shape index (κ1) is 21.0. The molecule has 2 aromatic carbocycles. The average molecular weight is 458 g/mol. The van der Waals surface area contributed by atoms with E-state index in [1.807, 2.05) is 6.92 Å². The minimum absolute atomic E-state index is 0.212. The third-order valence-corrected chi connectivity index (χ3v) is 6.13. The minimum Gasteiger partial charge on any atom is -0.495 e. The normalized spacial score (nSPS) is 11.0. The third-order valence-electron chi connectivity index (χ3n) is 4.77. The van der Waals surface area contributed by atoms with Crippen molar-refractivity contribution in [1.82, 2.24) is 9.55 Å². The van der Waals surface area contributed by atoms with E-state index in [1.165, 1.54) is 41.5 Å². The van der Waals surface area contributed by atoms with Gasteiger partial charge in [-0.2, -0.15) is 0 Å². The lowest BCUT2D eigenvalue weighted by Crippen LogP contribution is -2.27. The second-order valence-electron chi connectivity index (χ2n) is 6.86. The number of carbonyl (C=O) groups excluding carboxylic acids is 1. The van der Waals surface area contributed by atoms with Gasteiger partial charge in [0.15, 0.2) is 0 Å². The van der Waals surface area contributed by atoms with Crippen LogP contribution in [0.2, 0.25) is 5.02 Å². The first-order valence-electron chi connectivity index (χ1n) is 9.24. The predicted octanol–water partition coefficient (Wildman–Crippen LogP) is 4.87. The summed E-state index contributed by atoms with van der Waals surface area (Å²) >= 11 is 7.34. The Kier molecular flexibility index (Phi) is 5.75. The zero-order valence-corrected chi connectivity index (χ0v) is 18.2. The van der Waals surface area contributed by atoms with E-state index in [-0.39, 0.29) is 17.9 Å². The SMILES string of the molecule is COc1cc(Cl)c(C)cc1NC(=O)Cn1cnc2c(-c3ccc(F)cc3)csc2c1=O. The molecule has 0 saturated heterocycles. The van der Waals surface area contributed by atoms with Crippen LogP contribution in [0.15, 0.2) is 52.9 Å². The van der Waals surface area contributed by atoms with Gasteiger partial charge in [-0.25, -0.2) is 9.37 Å². The molecule has 158 valence electrons. The molecule has 2 aromatic heterocycles. The van der Waals surface area contributed by atoms with Crippen molar-refractivity contribution in [2.24, 2.45) is 0 Å². The number of rotatable bonds is 5. The molecule has 0 radical (unpaired) electrons. The Balaban J connectivity index is 1.60. The summed E-state index contributed by atoms with van der Waals surface area (Å²) in [5.74, 6) is -0.317. The Morgan fingerprint density at radius 2 is 2.03 bits per heavy atom. The number of amides is 1. The van der Waals surface area contributed by atoms with Gasteiger partial charge in [0, 0.05) is 22.0 Å². The minimum atomic E-state index is -0.404. The second-order valence-corrected chi connectivity index (χ2v) is 8.15. The maximum Gasteiger partial charge on any atom is 0.271 e. The number of hydrogen-bond acceptors (Lipinski definition) is 5. The zero-order chi connectivity index (χ0) is 22.1. The topological polar surface area (TPSA) is 73.2 Å². The van der Waals surface area contributed by atoms with E-state index < -0.39 is 5.91 Å². The van der Waals surface area contributed by atoms with Gasteiger partial charge in [0.05, 0.1) is 24.6 Å². The Morgan fingerprint density at radius 1 is 1.29 bits per heavy atom. The molecule has 2 heterocycles. The van der Waals surface area contributed by atoms with Crippen molar-refractivity contribution in [1.29, 1.82) is 0 Å². The van der Waals surface area contributed by atoms with Gasteiger partial charge in [-0.05, 0) is 36.2 Å². The molecule has 1 N–H and O–H groups in total. The van der Waals surface area contributed by atoms with Gasteiger partial charge >= 0.3 is 0 Å². The fourth-order valence-corrected chi connectivity index (χ4v) is 4.29. The highest BCUT2D eigenvalue weighted by atomic mass is 35.5. The lowest BCUT2D eigenvalue weighted by molar-refractivity contribution is -0.116. The summed E-state index contributed by atoms with van der Waals surface area (Å²) in [7, 11) is 1.48. The third kappa shape index (κ3) is 4.17. The van der Waals surface area contributed by atoms with Crippen molar-refractivity contribution >= 4 is 44.7 Å². The maximum atomic E-state index is 13.2. The number of ether oxygens (including phenoxy) is 1. The van der Waals surface area contributed by atoms with Gasteiger partial charge < -0.3 is 10.1 Å². The molecule has 0 aliphatic carbocycles. The summed E-state index contributed by atoms with van der Waals surface area (Å²) in [5.41, 5.74) is 2.96. The standard InChI is InChI=1S/C22H17ClFN3O3S/c1-12-7-17(18(30-2)8-16(12)23)26-19(28)9-27-11-25-20-15(10-31-21(20)22(27)29)13-3-5-14(24)6-4-13/h3-8,10-11H,9H2,1-2H3,(H,26,28). The highest BCUT2D eigenvalue weighted by Gasteiger charge is 2.15. The molecule has 0 unspecified atom stereocenters. The molecular formula is C22H17ClFN3O3S. The Morgan fingerprint density at radius 3 is 2.74 bits per heavy atom. The number of aromatic nitrogens is 2. The largest absolute Gasteiger partial charge is 0.495 e. The van der Waals surface area contributed by atoms with Crippen LogP contribution in [0.5, 0.6) is 5.75 Å². The predicted molar refractivity (Wildman–Crippen MR) is 121 cm³/mol. The molecule has 0 fully saturated rings. The van der Waals surface area contributed by atoms with Crippen molar-refractivity contribution in [2.75, 3.05) is 12.4 Å². The number of anilines is 1. The number of carbonyl (C=O) groups is 1. The molecule has 0 spiro atoms. The second kappa shape index (κ2) is 8.49. The van der Waals surface area contributed by atoms with E-state index in [9.17, 15) is 14.0 Å². The molecule has 1 amide bonds. The van der Waals surface area contributed by atoms with Crippen LogP contribution in [0.25, 0.3) is 21.3 Å². The molecule has 0 aliphatic rings. The van der Waals surface area contributed by atoms with E-state index in [0.717, 1.165) is 16.7 Å². The van der Waals surface area contributed by atoms with Gasteiger partial charge in [0.25, 0.3) is 5.56 Å². The van der Waals surface area contributed by atoms with Crippen LogP contribution in [-0.4, -0.2) is 22.6 Å². The number of aryl methyl sites for hydroxylation is 1. The molecule has 6 nitrogen and oxygen atoms in total. The Labute approximate surface area is 185 Å². The molecule has 4 aromatic rings. The molecule has 0 saturated carbocycles. The molecular weight excluding hydrogens is 441 g/mol.